The first kappa shape index (κ1) is 21.3. The van der Waals surface area contributed by atoms with Crippen LogP contribution >= 0.6 is 11.6 Å². The Morgan fingerprint density at radius 2 is 1.94 bits per heavy atom. The Labute approximate surface area is 187 Å². The summed E-state index contributed by atoms with van der Waals surface area (Å²) in [5.74, 6) is 2.26. The molecule has 1 saturated heterocycles. The number of halogens is 1. The molecule has 1 amide bonds. The summed E-state index contributed by atoms with van der Waals surface area (Å²) in [6.07, 6.45) is 2.35. The molecule has 1 fully saturated rings. The molecule has 0 saturated carbocycles. The third-order valence-electron chi connectivity index (χ3n) is 5.37. The van der Waals surface area contributed by atoms with E-state index in [1.807, 2.05) is 41.3 Å². The minimum absolute atomic E-state index is 0.204. The maximum absolute atomic E-state index is 11.9. The Morgan fingerprint density at radius 1 is 1.13 bits per heavy atom. The van der Waals surface area contributed by atoms with Crippen molar-refractivity contribution in [3.05, 3.63) is 52.5 Å². The van der Waals surface area contributed by atoms with Gasteiger partial charge in [0.15, 0.2) is 17.5 Å². The number of aliphatic imine (C=N–C) groups is 1. The minimum atomic E-state index is 0.204. The van der Waals surface area contributed by atoms with E-state index in [0.717, 1.165) is 42.2 Å². The summed E-state index contributed by atoms with van der Waals surface area (Å²) in [5, 5.41) is 7.22. The summed E-state index contributed by atoms with van der Waals surface area (Å²) in [7, 11) is 1.75. The largest absolute Gasteiger partial charge is 0.486 e. The number of carbonyl (C=O) groups is 1. The van der Waals surface area contributed by atoms with Gasteiger partial charge in [0.25, 0.3) is 0 Å². The first-order valence-corrected chi connectivity index (χ1v) is 10.9. The molecule has 8 heteroatoms. The molecule has 2 N–H and O–H groups in total. The van der Waals surface area contributed by atoms with Crippen LogP contribution in [0.4, 0.5) is 5.69 Å². The van der Waals surface area contributed by atoms with Crippen LogP contribution in [0.2, 0.25) is 5.02 Å². The van der Waals surface area contributed by atoms with E-state index < -0.39 is 0 Å². The molecule has 0 aliphatic carbocycles. The fraction of sp³-hybridized carbons (Fsp3) is 0.391. The van der Waals surface area contributed by atoms with Crippen molar-refractivity contribution in [3.63, 3.8) is 0 Å². The molecule has 164 valence electrons. The Hall–Kier alpha value is -2.93. The van der Waals surface area contributed by atoms with E-state index in [2.05, 4.69) is 15.6 Å². The fourth-order valence-corrected chi connectivity index (χ4v) is 4.04. The van der Waals surface area contributed by atoms with Gasteiger partial charge in [-0.05, 0) is 48.2 Å². The van der Waals surface area contributed by atoms with Gasteiger partial charge in [0.05, 0.1) is 5.02 Å². The lowest BCUT2D eigenvalue weighted by Crippen LogP contribution is -2.37. The van der Waals surface area contributed by atoms with Crippen LogP contribution in [0.25, 0.3) is 0 Å². The third kappa shape index (κ3) is 5.22. The molecule has 0 spiro atoms. The standard InChI is InChI=1S/C23H27ClN4O3/c1-25-23(26-9-8-17-13-19(24)22-20(14-17)30-11-12-31-22)27-15-16-4-6-18(7-5-16)28-10-2-3-21(28)29/h4-7,13-14H,2-3,8-12,15H2,1H3,(H2,25,26,27). The Kier molecular flexibility index (Phi) is 6.82. The van der Waals surface area contributed by atoms with E-state index in [9.17, 15) is 4.79 Å². The SMILES string of the molecule is CN=C(NCCc1cc(Cl)c2c(c1)OCCO2)NCc1ccc(N2CCCC2=O)cc1. The maximum Gasteiger partial charge on any atom is 0.227 e. The highest BCUT2D eigenvalue weighted by Gasteiger charge is 2.21. The molecule has 0 bridgehead atoms. The van der Waals surface area contributed by atoms with E-state index in [1.165, 1.54) is 0 Å². The van der Waals surface area contributed by atoms with Gasteiger partial charge >= 0.3 is 0 Å². The van der Waals surface area contributed by atoms with E-state index in [-0.39, 0.29) is 5.91 Å². The van der Waals surface area contributed by atoms with Gasteiger partial charge in [0.1, 0.15) is 13.2 Å². The normalized spacial score (nSPS) is 15.9. The lowest BCUT2D eigenvalue weighted by Gasteiger charge is -2.20. The zero-order valence-corrected chi connectivity index (χ0v) is 18.4. The van der Waals surface area contributed by atoms with Crippen molar-refractivity contribution < 1.29 is 14.3 Å². The number of ether oxygens (including phenoxy) is 2. The summed E-state index contributed by atoms with van der Waals surface area (Å²) < 4.78 is 11.2. The molecule has 0 aromatic heterocycles. The van der Waals surface area contributed by atoms with Crippen molar-refractivity contribution in [3.8, 4) is 11.5 Å². The van der Waals surface area contributed by atoms with Gasteiger partial charge in [0.2, 0.25) is 5.91 Å². The van der Waals surface area contributed by atoms with Crippen LogP contribution in [0.15, 0.2) is 41.4 Å². The zero-order chi connectivity index (χ0) is 21.6. The van der Waals surface area contributed by atoms with Gasteiger partial charge in [0, 0.05) is 38.8 Å². The number of hydrogen-bond donors (Lipinski definition) is 2. The highest BCUT2D eigenvalue weighted by molar-refractivity contribution is 6.32. The number of anilines is 1. The van der Waals surface area contributed by atoms with E-state index >= 15 is 0 Å². The lowest BCUT2D eigenvalue weighted by atomic mass is 10.1. The molecule has 0 atom stereocenters. The van der Waals surface area contributed by atoms with Gasteiger partial charge in [-0.25, -0.2) is 0 Å². The van der Waals surface area contributed by atoms with Crippen LogP contribution in [-0.4, -0.2) is 45.2 Å². The average Bonchev–Trinajstić information content (AvgIpc) is 3.22. The fourth-order valence-electron chi connectivity index (χ4n) is 3.76. The second-order valence-corrected chi connectivity index (χ2v) is 7.93. The number of carbonyl (C=O) groups excluding carboxylic acids is 1. The first-order valence-electron chi connectivity index (χ1n) is 10.6. The van der Waals surface area contributed by atoms with Gasteiger partial charge in [-0.15, -0.1) is 0 Å². The quantitative estimate of drug-likeness (QED) is 0.531. The van der Waals surface area contributed by atoms with Crippen molar-refractivity contribution >= 4 is 29.2 Å². The van der Waals surface area contributed by atoms with Crippen molar-refractivity contribution in [1.29, 1.82) is 0 Å². The zero-order valence-electron chi connectivity index (χ0n) is 17.6. The summed E-state index contributed by atoms with van der Waals surface area (Å²) in [4.78, 5) is 18.0. The summed E-state index contributed by atoms with van der Waals surface area (Å²) in [6.45, 7) is 3.21. The van der Waals surface area contributed by atoms with Gasteiger partial charge in [-0.3, -0.25) is 9.79 Å². The number of nitrogens with zero attached hydrogens (tertiary/aromatic N) is 2. The summed E-state index contributed by atoms with van der Waals surface area (Å²) in [5.41, 5.74) is 3.16. The number of guanidine groups is 1. The summed E-state index contributed by atoms with van der Waals surface area (Å²) >= 11 is 6.31. The molecule has 2 aliphatic rings. The third-order valence-corrected chi connectivity index (χ3v) is 5.65. The van der Waals surface area contributed by atoms with Crippen LogP contribution in [0.3, 0.4) is 0 Å². The molecule has 2 heterocycles. The van der Waals surface area contributed by atoms with E-state index in [4.69, 9.17) is 21.1 Å². The molecular formula is C23H27ClN4O3. The number of fused-ring (bicyclic) bond motifs is 1. The number of rotatable bonds is 6. The van der Waals surface area contributed by atoms with Crippen molar-refractivity contribution in [2.45, 2.75) is 25.8 Å². The Morgan fingerprint density at radius 3 is 2.68 bits per heavy atom. The number of benzene rings is 2. The molecule has 2 aliphatic heterocycles. The predicted octanol–water partition coefficient (Wildman–Crippen LogP) is 3.15. The monoisotopic (exact) mass is 442 g/mol. The molecule has 4 rings (SSSR count). The molecule has 31 heavy (non-hydrogen) atoms. The van der Waals surface area contributed by atoms with E-state index in [1.54, 1.807) is 7.05 Å². The maximum atomic E-state index is 11.9. The number of hydrogen-bond acceptors (Lipinski definition) is 4. The predicted molar refractivity (Wildman–Crippen MR) is 122 cm³/mol. The highest BCUT2D eigenvalue weighted by Crippen LogP contribution is 2.38. The molecule has 2 aromatic rings. The van der Waals surface area contributed by atoms with Crippen LogP contribution in [0.1, 0.15) is 24.0 Å². The molecule has 0 radical (unpaired) electrons. The van der Waals surface area contributed by atoms with E-state index in [0.29, 0.717) is 49.2 Å². The van der Waals surface area contributed by atoms with Crippen LogP contribution in [0, 0.1) is 0 Å². The molecule has 7 nitrogen and oxygen atoms in total. The number of nitrogens with one attached hydrogen (secondary N) is 2. The molecular weight excluding hydrogens is 416 g/mol. The lowest BCUT2D eigenvalue weighted by molar-refractivity contribution is -0.117. The molecule has 2 aromatic carbocycles. The van der Waals surface area contributed by atoms with Crippen molar-refractivity contribution in [2.75, 3.05) is 38.3 Å². The smallest absolute Gasteiger partial charge is 0.227 e. The Balaban J connectivity index is 1.26. The minimum Gasteiger partial charge on any atom is -0.486 e. The highest BCUT2D eigenvalue weighted by atomic mass is 35.5. The van der Waals surface area contributed by atoms with Crippen molar-refractivity contribution in [2.24, 2.45) is 4.99 Å². The van der Waals surface area contributed by atoms with Gasteiger partial charge < -0.3 is 25.0 Å². The Bertz CT molecular complexity index is 962. The van der Waals surface area contributed by atoms with Crippen molar-refractivity contribution in [1.82, 2.24) is 10.6 Å². The van der Waals surface area contributed by atoms with Crippen LogP contribution in [-0.2, 0) is 17.8 Å². The number of amides is 1. The van der Waals surface area contributed by atoms with Gasteiger partial charge in [-0.2, -0.15) is 0 Å². The second-order valence-electron chi connectivity index (χ2n) is 7.52. The van der Waals surface area contributed by atoms with Crippen LogP contribution < -0.4 is 25.0 Å². The topological polar surface area (TPSA) is 75.2 Å². The summed E-state index contributed by atoms with van der Waals surface area (Å²) in [6, 6.07) is 12.0. The van der Waals surface area contributed by atoms with Crippen LogP contribution in [0.5, 0.6) is 11.5 Å². The molecule has 0 unspecified atom stereocenters. The average molecular weight is 443 g/mol. The first-order chi connectivity index (χ1) is 15.1. The second kappa shape index (κ2) is 9.92. The van der Waals surface area contributed by atoms with Gasteiger partial charge in [-0.1, -0.05) is 23.7 Å².